The van der Waals surface area contributed by atoms with E-state index in [-0.39, 0.29) is 11.7 Å². The average molecular weight is 480 g/mol. The summed E-state index contributed by atoms with van der Waals surface area (Å²) in [6.07, 6.45) is 3.12. The van der Waals surface area contributed by atoms with E-state index in [1.54, 1.807) is 42.7 Å². The SMILES string of the molecule is CCOc1cc2occ(-c3ccc(F)cc3)c2cc1/C(C)=C/C(=O)Nc1cc(Cl)ccc1OC. The van der Waals surface area contributed by atoms with Crippen LogP contribution in [0.15, 0.2) is 71.4 Å². The van der Waals surface area contributed by atoms with E-state index in [2.05, 4.69) is 5.32 Å². The topological polar surface area (TPSA) is 60.7 Å². The molecule has 1 N–H and O–H groups in total. The van der Waals surface area contributed by atoms with Crippen LogP contribution in [-0.2, 0) is 4.79 Å². The Bertz CT molecular complexity index is 1380. The number of allylic oxidation sites excluding steroid dienone is 1. The highest BCUT2D eigenvalue weighted by Crippen LogP contribution is 2.37. The van der Waals surface area contributed by atoms with Crippen molar-refractivity contribution in [3.63, 3.8) is 0 Å². The third-order valence-corrected chi connectivity index (χ3v) is 5.56. The predicted octanol–water partition coefficient (Wildman–Crippen LogP) is 7.34. The largest absolute Gasteiger partial charge is 0.495 e. The van der Waals surface area contributed by atoms with Crippen LogP contribution >= 0.6 is 11.6 Å². The molecule has 0 fully saturated rings. The highest BCUT2D eigenvalue weighted by Gasteiger charge is 2.16. The second-order valence-corrected chi connectivity index (χ2v) is 8.03. The zero-order valence-corrected chi connectivity index (χ0v) is 19.7. The van der Waals surface area contributed by atoms with Crippen molar-refractivity contribution >= 4 is 39.7 Å². The van der Waals surface area contributed by atoms with Crippen molar-refractivity contribution in [2.45, 2.75) is 13.8 Å². The van der Waals surface area contributed by atoms with E-state index >= 15 is 0 Å². The number of rotatable bonds is 7. The Morgan fingerprint density at radius 2 is 1.88 bits per heavy atom. The van der Waals surface area contributed by atoms with Crippen molar-refractivity contribution in [1.29, 1.82) is 0 Å². The van der Waals surface area contributed by atoms with Gasteiger partial charge in [-0.25, -0.2) is 4.39 Å². The fourth-order valence-electron chi connectivity index (χ4n) is 3.71. The van der Waals surface area contributed by atoms with Crippen molar-refractivity contribution < 1.29 is 23.1 Å². The minimum Gasteiger partial charge on any atom is -0.495 e. The summed E-state index contributed by atoms with van der Waals surface area (Å²) in [6.45, 7) is 4.16. The lowest BCUT2D eigenvalue weighted by Gasteiger charge is -2.12. The summed E-state index contributed by atoms with van der Waals surface area (Å²) < 4.78 is 30.3. The van der Waals surface area contributed by atoms with Gasteiger partial charge in [-0.05, 0) is 61.4 Å². The summed E-state index contributed by atoms with van der Waals surface area (Å²) in [5.74, 6) is 0.447. The van der Waals surface area contributed by atoms with Gasteiger partial charge in [-0.2, -0.15) is 0 Å². The number of hydrogen-bond acceptors (Lipinski definition) is 4. The summed E-state index contributed by atoms with van der Waals surface area (Å²) in [5.41, 5.74) is 4.18. The molecule has 1 amide bonds. The Morgan fingerprint density at radius 3 is 2.59 bits per heavy atom. The average Bonchev–Trinajstić information content (AvgIpc) is 3.22. The molecule has 0 atom stereocenters. The van der Waals surface area contributed by atoms with Gasteiger partial charge in [0.1, 0.15) is 22.9 Å². The van der Waals surface area contributed by atoms with Crippen molar-refractivity contribution in [1.82, 2.24) is 0 Å². The third kappa shape index (κ3) is 4.92. The van der Waals surface area contributed by atoms with E-state index in [0.717, 1.165) is 22.1 Å². The first-order valence-corrected chi connectivity index (χ1v) is 11.0. The van der Waals surface area contributed by atoms with Crippen molar-refractivity contribution in [2.75, 3.05) is 19.0 Å². The number of furan rings is 1. The van der Waals surface area contributed by atoms with Gasteiger partial charge in [0.05, 0.1) is 25.7 Å². The van der Waals surface area contributed by atoms with Crippen molar-refractivity contribution in [2.24, 2.45) is 0 Å². The van der Waals surface area contributed by atoms with Gasteiger partial charge in [-0.3, -0.25) is 4.79 Å². The number of hydrogen-bond donors (Lipinski definition) is 1. The van der Waals surface area contributed by atoms with Gasteiger partial charge in [0, 0.05) is 33.7 Å². The highest BCUT2D eigenvalue weighted by atomic mass is 35.5. The van der Waals surface area contributed by atoms with E-state index in [0.29, 0.717) is 40.0 Å². The molecular weight excluding hydrogens is 457 g/mol. The van der Waals surface area contributed by atoms with E-state index in [1.165, 1.54) is 25.3 Å². The van der Waals surface area contributed by atoms with Crippen molar-refractivity contribution in [3.05, 3.63) is 83.3 Å². The molecule has 0 aliphatic heterocycles. The molecule has 1 aromatic heterocycles. The summed E-state index contributed by atoms with van der Waals surface area (Å²) in [5, 5.41) is 4.12. The molecule has 4 aromatic rings. The number of carbonyl (C=O) groups is 1. The number of ether oxygens (including phenoxy) is 2. The van der Waals surface area contributed by atoms with E-state index < -0.39 is 0 Å². The molecule has 174 valence electrons. The van der Waals surface area contributed by atoms with Crippen LogP contribution < -0.4 is 14.8 Å². The minimum atomic E-state index is -0.341. The summed E-state index contributed by atoms with van der Waals surface area (Å²) >= 11 is 6.06. The molecule has 0 aliphatic carbocycles. The Kier molecular flexibility index (Phi) is 6.89. The zero-order chi connectivity index (χ0) is 24.2. The molecule has 0 bridgehead atoms. The molecule has 1 heterocycles. The van der Waals surface area contributed by atoms with E-state index in [1.807, 2.05) is 19.9 Å². The fraction of sp³-hybridized carbons (Fsp3) is 0.148. The van der Waals surface area contributed by atoms with Crippen LogP contribution in [0, 0.1) is 5.82 Å². The molecule has 34 heavy (non-hydrogen) atoms. The quantitative estimate of drug-likeness (QED) is 0.282. The molecule has 4 rings (SSSR count). The molecule has 0 spiro atoms. The molecule has 0 unspecified atom stereocenters. The standard InChI is InChI=1S/C27H23ClFNO4/c1-4-33-25-14-26-21(22(15-34-26)17-5-8-19(29)9-6-17)13-20(25)16(2)11-27(31)30-23-12-18(28)7-10-24(23)32-3/h5-15H,4H2,1-3H3,(H,30,31)/b16-11+. The third-order valence-electron chi connectivity index (χ3n) is 5.32. The molecular formula is C27H23ClFNO4. The molecule has 7 heteroatoms. The van der Waals surface area contributed by atoms with Crippen LogP contribution in [0.5, 0.6) is 11.5 Å². The van der Waals surface area contributed by atoms with Crippen LogP contribution in [0.1, 0.15) is 19.4 Å². The molecule has 0 saturated heterocycles. The second-order valence-electron chi connectivity index (χ2n) is 7.60. The lowest BCUT2D eigenvalue weighted by Crippen LogP contribution is -2.10. The lowest BCUT2D eigenvalue weighted by atomic mass is 9.99. The van der Waals surface area contributed by atoms with E-state index in [9.17, 15) is 9.18 Å². The van der Waals surface area contributed by atoms with Gasteiger partial charge in [0.15, 0.2) is 0 Å². The Morgan fingerprint density at radius 1 is 1.12 bits per heavy atom. The van der Waals surface area contributed by atoms with Gasteiger partial charge >= 0.3 is 0 Å². The maximum atomic E-state index is 13.4. The molecule has 0 aliphatic rings. The van der Waals surface area contributed by atoms with Crippen LogP contribution in [0.2, 0.25) is 5.02 Å². The minimum absolute atomic E-state index is 0.308. The van der Waals surface area contributed by atoms with Crippen molar-refractivity contribution in [3.8, 4) is 22.6 Å². The number of halogens is 2. The Hall–Kier alpha value is -3.77. The van der Waals surface area contributed by atoms with Gasteiger partial charge in [-0.15, -0.1) is 0 Å². The molecule has 0 saturated carbocycles. The number of carbonyl (C=O) groups excluding carboxylic acids is 1. The number of methoxy groups -OCH3 is 1. The van der Waals surface area contributed by atoms with Gasteiger partial charge in [-0.1, -0.05) is 23.7 Å². The predicted molar refractivity (Wildman–Crippen MR) is 133 cm³/mol. The maximum absolute atomic E-state index is 13.4. The molecule has 3 aromatic carbocycles. The smallest absolute Gasteiger partial charge is 0.248 e. The highest BCUT2D eigenvalue weighted by molar-refractivity contribution is 6.31. The van der Waals surface area contributed by atoms with Crippen LogP contribution in [0.25, 0.3) is 27.7 Å². The fourth-order valence-corrected chi connectivity index (χ4v) is 3.88. The summed E-state index contributed by atoms with van der Waals surface area (Å²) in [6, 6.07) is 14.9. The first kappa shape index (κ1) is 23.4. The van der Waals surface area contributed by atoms with Gasteiger partial charge in [0.25, 0.3) is 0 Å². The first-order chi connectivity index (χ1) is 16.4. The lowest BCUT2D eigenvalue weighted by molar-refractivity contribution is -0.111. The second kappa shape index (κ2) is 10.0. The number of benzene rings is 3. The normalized spacial score (nSPS) is 11.5. The van der Waals surface area contributed by atoms with Crippen LogP contribution in [0.4, 0.5) is 10.1 Å². The first-order valence-electron chi connectivity index (χ1n) is 10.7. The maximum Gasteiger partial charge on any atom is 0.248 e. The van der Waals surface area contributed by atoms with E-state index in [4.69, 9.17) is 25.5 Å². The number of amides is 1. The number of nitrogens with one attached hydrogen (secondary N) is 1. The monoisotopic (exact) mass is 479 g/mol. The summed E-state index contributed by atoms with van der Waals surface area (Å²) in [7, 11) is 1.52. The molecule has 0 radical (unpaired) electrons. The number of anilines is 1. The Balaban J connectivity index is 1.72. The summed E-state index contributed by atoms with van der Waals surface area (Å²) in [4.78, 5) is 12.8. The molecule has 5 nitrogen and oxygen atoms in total. The van der Waals surface area contributed by atoms with Gasteiger partial charge < -0.3 is 19.2 Å². The van der Waals surface area contributed by atoms with Gasteiger partial charge in [0.2, 0.25) is 5.91 Å². The number of fused-ring (bicyclic) bond motifs is 1. The zero-order valence-electron chi connectivity index (χ0n) is 18.9. The van der Waals surface area contributed by atoms with Crippen LogP contribution in [0.3, 0.4) is 0 Å². The Labute approximate surface area is 201 Å². The van der Waals surface area contributed by atoms with Crippen LogP contribution in [-0.4, -0.2) is 19.6 Å².